The summed E-state index contributed by atoms with van der Waals surface area (Å²) in [6.45, 7) is 8.80. The molecule has 0 radical (unpaired) electrons. The lowest BCUT2D eigenvalue weighted by Crippen LogP contribution is -2.55. The van der Waals surface area contributed by atoms with Crippen molar-refractivity contribution >= 4 is 11.6 Å². The molecular formula is C22H28N4O2. The summed E-state index contributed by atoms with van der Waals surface area (Å²) < 4.78 is 7.85. The lowest BCUT2D eigenvalue weighted by molar-refractivity contribution is 0.0882. The Morgan fingerprint density at radius 2 is 2.07 bits per heavy atom. The number of benzene rings is 1. The van der Waals surface area contributed by atoms with Gasteiger partial charge in [-0.15, -0.1) is 0 Å². The molecule has 0 bridgehead atoms. The maximum Gasteiger partial charge on any atom is 0.251 e. The van der Waals surface area contributed by atoms with Crippen LogP contribution >= 0.6 is 0 Å². The van der Waals surface area contributed by atoms with E-state index in [4.69, 9.17) is 10.5 Å². The number of hydrogen-bond acceptors (Lipinski definition) is 4. The molecule has 3 rings (SSSR count). The van der Waals surface area contributed by atoms with Crippen molar-refractivity contribution < 1.29 is 9.53 Å². The molecule has 2 aromatic heterocycles. The first kappa shape index (κ1) is 19.9. The van der Waals surface area contributed by atoms with Crippen molar-refractivity contribution in [2.24, 2.45) is 11.7 Å². The van der Waals surface area contributed by atoms with Crippen molar-refractivity contribution in [1.82, 2.24) is 14.7 Å². The number of pyridine rings is 1. The Morgan fingerprint density at radius 3 is 2.79 bits per heavy atom. The van der Waals surface area contributed by atoms with Crippen molar-refractivity contribution in [3.8, 4) is 5.75 Å². The molecular weight excluding hydrogens is 352 g/mol. The zero-order valence-electron chi connectivity index (χ0n) is 16.9. The number of carbonyl (C=O) groups excluding carboxylic acids is 1. The Morgan fingerprint density at radius 1 is 1.29 bits per heavy atom. The van der Waals surface area contributed by atoms with E-state index < -0.39 is 5.54 Å². The molecule has 0 fully saturated rings. The minimum absolute atomic E-state index is 0.157. The molecule has 1 amide bonds. The molecule has 0 saturated heterocycles. The van der Waals surface area contributed by atoms with Gasteiger partial charge < -0.3 is 20.2 Å². The number of aryl methyl sites for hydroxylation is 1. The van der Waals surface area contributed by atoms with Gasteiger partial charge in [0.25, 0.3) is 5.91 Å². The van der Waals surface area contributed by atoms with Gasteiger partial charge in [-0.05, 0) is 49.6 Å². The summed E-state index contributed by atoms with van der Waals surface area (Å²) in [5, 5.41) is 3.05. The van der Waals surface area contributed by atoms with Crippen molar-refractivity contribution in [1.29, 1.82) is 0 Å². The van der Waals surface area contributed by atoms with Gasteiger partial charge in [0.05, 0.1) is 11.2 Å². The first-order chi connectivity index (χ1) is 13.3. The number of carbonyl (C=O) groups is 1. The highest BCUT2D eigenvalue weighted by Gasteiger charge is 2.28. The van der Waals surface area contributed by atoms with Crippen LogP contribution in [0.5, 0.6) is 5.75 Å². The number of hydrogen-bond donors (Lipinski definition) is 2. The van der Waals surface area contributed by atoms with Gasteiger partial charge in [0.1, 0.15) is 18.0 Å². The fraction of sp³-hybridized carbons (Fsp3) is 0.364. The number of amides is 1. The number of nitrogens with one attached hydrogen (secondary N) is 1. The van der Waals surface area contributed by atoms with E-state index >= 15 is 0 Å². The predicted molar refractivity (Wildman–Crippen MR) is 110 cm³/mol. The zero-order chi connectivity index (χ0) is 20.3. The molecule has 0 aliphatic heterocycles. The van der Waals surface area contributed by atoms with Crippen LogP contribution in [0.25, 0.3) is 5.65 Å². The highest BCUT2D eigenvalue weighted by molar-refractivity contribution is 5.95. The number of aromatic nitrogens is 2. The lowest BCUT2D eigenvalue weighted by atomic mass is 9.88. The molecule has 3 aromatic rings. The topological polar surface area (TPSA) is 81.6 Å². The fourth-order valence-corrected chi connectivity index (χ4v) is 2.87. The van der Waals surface area contributed by atoms with Gasteiger partial charge in [-0.25, -0.2) is 4.98 Å². The Hall–Kier alpha value is -2.86. The smallest absolute Gasteiger partial charge is 0.251 e. The van der Waals surface area contributed by atoms with Gasteiger partial charge in [0, 0.05) is 24.5 Å². The summed E-state index contributed by atoms with van der Waals surface area (Å²) >= 11 is 0. The van der Waals surface area contributed by atoms with Crippen LogP contribution in [0.15, 0.2) is 48.8 Å². The number of rotatable bonds is 7. The molecule has 6 nitrogen and oxygen atoms in total. The lowest BCUT2D eigenvalue weighted by Gasteiger charge is -2.33. The number of nitrogens with two attached hydrogens (primary N) is 1. The highest BCUT2D eigenvalue weighted by atomic mass is 16.5. The SMILES string of the molecule is Cc1ccc2nc(COc3cccc(C(=O)NC(C)(CN)C(C)C)c3)cn2c1. The second-order valence-electron chi connectivity index (χ2n) is 7.75. The summed E-state index contributed by atoms with van der Waals surface area (Å²) in [5.74, 6) is 0.690. The highest BCUT2D eigenvalue weighted by Crippen LogP contribution is 2.19. The molecule has 0 spiro atoms. The molecule has 148 valence electrons. The minimum Gasteiger partial charge on any atom is -0.487 e. The van der Waals surface area contributed by atoms with Gasteiger partial charge in [-0.1, -0.05) is 26.0 Å². The zero-order valence-corrected chi connectivity index (χ0v) is 16.9. The first-order valence-corrected chi connectivity index (χ1v) is 9.50. The van der Waals surface area contributed by atoms with Gasteiger partial charge >= 0.3 is 0 Å². The van der Waals surface area contributed by atoms with Crippen LogP contribution in [0.4, 0.5) is 0 Å². The van der Waals surface area contributed by atoms with Crippen LogP contribution in [0.2, 0.25) is 0 Å². The Balaban J connectivity index is 1.69. The average Bonchev–Trinajstić information content (AvgIpc) is 3.08. The number of fused-ring (bicyclic) bond motifs is 1. The summed E-state index contributed by atoms with van der Waals surface area (Å²) in [7, 11) is 0. The van der Waals surface area contributed by atoms with Gasteiger partial charge in [0.2, 0.25) is 0 Å². The number of imidazole rings is 1. The Kier molecular flexibility index (Phi) is 5.70. The van der Waals surface area contributed by atoms with E-state index in [0.717, 1.165) is 11.3 Å². The maximum absolute atomic E-state index is 12.7. The van der Waals surface area contributed by atoms with Crippen LogP contribution in [0, 0.1) is 12.8 Å². The molecule has 1 aromatic carbocycles. The monoisotopic (exact) mass is 380 g/mol. The molecule has 3 N–H and O–H groups in total. The molecule has 28 heavy (non-hydrogen) atoms. The molecule has 1 atom stereocenters. The second-order valence-corrected chi connectivity index (χ2v) is 7.75. The maximum atomic E-state index is 12.7. The predicted octanol–water partition coefficient (Wildman–Crippen LogP) is 3.32. The van der Waals surface area contributed by atoms with Crippen LogP contribution in [-0.4, -0.2) is 27.4 Å². The van der Waals surface area contributed by atoms with Gasteiger partial charge in [0.15, 0.2) is 0 Å². The molecule has 6 heteroatoms. The van der Waals surface area contributed by atoms with Crippen molar-refractivity contribution in [3.05, 3.63) is 65.6 Å². The third kappa shape index (κ3) is 4.34. The Bertz CT molecular complexity index is 980. The third-order valence-corrected chi connectivity index (χ3v) is 5.23. The van der Waals surface area contributed by atoms with Crippen molar-refractivity contribution in [2.75, 3.05) is 6.54 Å². The van der Waals surface area contributed by atoms with E-state index in [-0.39, 0.29) is 11.8 Å². The summed E-state index contributed by atoms with van der Waals surface area (Å²) in [4.78, 5) is 17.2. The van der Waals surface area contributed by atoms with E-state index in [0.29, 0.717) is 24.5 Å². The third-order valence-electron chi connectivity index (χ3n) is 5.23. The summed E-state index contributed by atoms with van der Waals surface area (Å²) in [6.07, 6.45) is 3.98. The summed E-state index contributed by atoms with van der Waals surface area (Å²) in [5.41, 5.74) is 8.84. The van der Waals surface area contributed by atoms with Crippen LogP contribution in [-0.2, 0) is 6.61 Å². The van der Waals surface area contributed by atoms with Crippen molar-refractivity contribution in [3.63, 3.8) is 0 Å². The largest absolute Gasteiger partial charge is 0.487 e. The van der Waals surface area contributed by atoms with Crippen LogP contribution in [0.1, 0.15) is 42.4 Å². The minimum atomic E-state index is -0.456. The number of ether oxygens (including phenoxy) is 1. The van der Waals surface area contributed by atoms with Crippen LogP contribution in [0.3, 0.4) is 0 Å². The van der Waals surface area contributed by atoms with E-state index in [1.54, 1.807) is 12.1 Å². The normalized spacial score (nSPS) is 13.5. The van der Waals surface area contributed by atoms with E-state index in [9.17, 15) is 4.79 Å². The average molecular weight is 380 g/mol. The van der Waals surface area contributed by atoms with Crippen LogP contribution < -0.4 is 15.8 Å². The molecule has 1 unspecified atom stereocenters. The summed E-state index contributed by atoms with van der Waals surface area (Å²) in [6, 6.07) is 11.2. The first-order valence-electron chi connectivity index (χ1n) is 9.50. The van der Waals surface area contributed by atoms with Crippen molar-refractivity contribution in [2.45, 2.75) is 39.8 Å². The molecule has 0 saturated carbocycles. The number of nitrogens with zero attached hydrogens (tertiary/aromatic N) is 2. The molecule has 0 aliphatic carbocycles. The Labute approximate surface area is 165 Å². The standard InChI is InChI=1S/C22H28N4O2/c1-15(2)22(4,14-23)25-21(27)17-6-5-7-19(10-17)28-13-18-12-26-11-16(3)8-9-20(26)24-18/h5-12,15H,13-14,23H2,1-4H3,(H,25,27). The molecule has 0 aliphatic rings. The van der Waals surface area contributed by atoms with E-state index in [1.165, 1.54) is 5.56 Å². The van der Waals surface area contributed by atoms with E-state index in [1.807, 2.05) is 68.8 Å². The van der Waals surface area contributed by atoms with E-state index in [2.05, 4.69) is 10.3 Å². The molecule has 2 heterocycles. The van der Waals surface area contributed by atoms with Gasteiger partial charge in [-0.2, -0.15) is 0 Å². The van der Waals surface area contributed by atoms with Gasteiger partial charge in [-0.3, -0.25) is 4.79 Å². The quantitative estimate of drug-likeness (QED) is 0.659. The fourth-order valence-electron chi connectivity index (χ4n) is 2.87. The second kappa shape index (κ2) is 8.02.